The molecule has 0 heterocycles. The fourth-order valence-corrected chi connectivity index (χ4v) is 2.08. The standard InChI is InChI=1S/C4F12O4Si/c5-1(6,7)17-21(18-2(8,9)10,19-3(11,12)13)20-4(14,15)16. The number of alkyl halides is 12. The average molecular weight is 368 g/mol. The first-order chi connectivity index (χ1) is 8.83. The third-order valence-electron chi connectivity index (χ3n) is 0.963. The molecule has 0 spiro atoms. The van der Waals surface area contributed by atoms with Crippen LogP contribution in [0.1, 0.15) is 0 Å². The largest absolute Gasteiger partial charge is 0.705 e. The summed E-state index contributed by atoms with van der Waals surface area (Å²) < 4.78 is 149. The summed E-state index contributed by atoms with van der Waals surface area (Å²) in [5.41, 5.74) is 0. The molecule has 0 aromatic carbocycles. The Morgan fingerprint density at radius 1 is 0.381 bits per heavy atom. The van der Waals surface area contributed by atoms with Gasteiger partial charge in [0.1, 0.15) is 0 Å². The molecule has 0 unspecified atom stereocenters. The summed E-state index contributed by atoms with van der Waals surface area (Å²) in [4.78, 5) is 0. The lowest BCUT2D eigenvalue weighted by molar-refractivity contribution is -0.409. The van der Waals surface area contributed by atoms with Gasteiger partial charge in [-0.3, -0.25) is 17.7 Å². The van der Waals surface area contributed by atoms with Crippen LogP contribution in [0.3, 0.4) is 0 Å². The van der Waals surface area contributed by atoms with E-state index < -0.39 is 34.5 Å². The quantitative estimate of drug-likeness (QED) is 0.562. The van der Waals surface area contributed by atoms with E-state index in [1.165, 1.54) is 0 Å². The van der Waals surface area contributed by atoms with Gasteiger partial charge in [0.15, 0.2) is 0 Å². The smallest absolute Gasteiger partial charge is 0.260 e. The van der Waals surface area contributed by atoms with Crippen LogP contribution in [0.5, 0.6) is 0 Å². The van der Waals surface area contributed by atoms with Gasteiger partial charge in [0.25, 0.3) is 0 Å². The van der Waals surface area contributed by atoms with E-state index in [1.54, 1.807) is 0 Å². The predicted octanol–water partition coefficient (Wildman–Crippen LogP) is 3.57. The molecule has 21 heavy (non-hydrogen) atoms. The van der Waals surface area contributed by atoms with Gasteiger partial charge in [0.2, 0.25) is 0 Å². The normalized spacial score (nSPS) is 15.4. The van der Waals surface area contributed by atoms with Crippen LogP contribution in [-0.4, -0.2) is 34.5 Å². The molecule has 0 saturated heterocycles. The van der Waals surface area contributed by atoms with Crippen LogP contribution in [0.2, 0.25) is 0 Å². The molecular weight excluding hydrogens is 368 g/mol. The van der Waals surface area contributed by atoms with Crippen LogP contribution in [0, 0.1) is 0 Å². The van der Waals surface area contributed by atoms with Crippen molar-refractivity contribution in [3.63, 3.8) is 0 Å². The van der Waals surface area contributed by atoms with Crippen molar-refractivity contribution >= 4 is 9.05 Å². The summed E-state index contributed by atoms with van der Waals surface area (Å²) in [5.74, 6) is 0. The Kier molecular flexibility index (Phi) is 5.56. The minimum atomic E-state index is -7.84. The van der Waals surface area contributed by atoms with E-state index in [2.05, 4.69) is 17.7 Å². The fourth-order valence-electron chi connectivity index (χ4n) is 0.692. The van der Waals surface area contributed by atoms with Crippen molar-refractivity contribution < 1.29 is 70.4 Å². The Bertz CT molecular complexity index is 270. The van der Waals surface area contributed by atoms with Crippen molar-refractivity contribution in [1.82, 2.24) is 0 Å². The summed E-state index contributed by atoms with van der Waals surface area (Å²) >= 11 is 0. The lowest BCUT2D eigenvalue weighted by Crippen LogP contribution is -2.59. The number of rotatable bonds is 4. The summed E-state index contributed by atoms with van der Waals surface area (Å²) in [6.45, 7) is 0. The van der Waals surface area contributed by atoms with E-state index in [0.717, 1.165) is 0 Å². The summed E-state index contributed by atoms with van der Waals surface area (Å²) in [5, 5.41) is 0. The fraction of sp³-hybridized carbons (Fsp3) is 1.00. The zero-order valence-electron chi connectivity index (χ0n) is 8.67. The van der Waals surface area contributed by atoms with Crippen molar-refractivity contribution in [1.29, 1.82) is 0 Å². The summed E-state index contributed by atoms with van der Waals surface area (Å²) in [7, 11) is -7.84. The van der Waals surface area contributed by atoms with Gasteiger partial charge in [0, 0.05) is 0 Å². The van der Waals surface area contributed by atoms with Gasteiger partial charge in [0.05, 0.1) is 0 Å². The number of halogens is 12. The van der Waals surface area contributed by atoms with E-state index in [9.17, 15) is 52.7 Å². The Labute approximate surface area is 106 Å². The van der Waals surface area contributed by atoms with Gasteiger partial charge >= 0.3 is 34.5 Å². The zero-order valence-corrected chi connectivity index (χ0v) is 9.67. The van der Waals surface area contributed by atoms with Gasteiger partial charge in [-0.05, 0) is 0 Å². The van der Waals surface area contributed by atoms with E-state index in [-0.39, 0.29) is 0 Å². The lowest BCUT2D eigenvalue weighted by atomic mass is 11.4. The molecule has 0 aliphatic carbocycles. The molecule has 0 amide bonds. The molecule has 128 valence electrons. The molecule has 0 aromatic rings. The average Bonchev–Trinajstić information content (AvgIpc) is 1.83. The monoisotopic (exact) mass is 368 g/mol. The third-order valence-corrected chi connectivity index (χ3v) is 2.89. The number of hydrogen-bond acceptors (Lipinski definition) is 4. The second-order valence-corrected chi connectivity index (χ2v) is 4.51. The molecule has 0 rings (SSSR count). The molecule has 4 nitrogen and oxygen atoms in total. The van der Waals surface area contributed by atoms with Crippen molar-refractivity contribution in [3.05, 3.63) is 0 Å². The van der Waals surface area contributed by atoms with Crippen LogP contribution in [0.25, 0.3) is 0 Å². The second kappa shape index (κ2) is 5.78. The number of hydrogen-bond donors (Lipinski definition) is 0. The van der Waals surface area contributed by atoms with Crippen molar-refractivity contribution in [3.8, 4) is 0 Å². The topological polar surface area (TPSA) is 36.9 Å². The molecule has 0 radical (unpaired) electrons. The first-order valence-electron chi connectivity index (χ1n) is 3.90. The van der Waals surface area contributed by atoms with Crippen molar-refractivity contribution in [2.24, 2.45) is 0 Å². The highest BCUT2D eigenvalue weighted by atomic mass is 28.4. The maximum absolute atomic E-state index is 11.7. The van der Waals surface area contributed by atoms with Gasteiger partial charge in [-0.25, -0.2) is 0 Å². The Hall–Kier alpha value is -0.783. The molecule has 0 aliphatic heterocycles. The first-order valence-corrected chi connectivity index (χ1v) is 5.53. The van der Waals surface area contributed by atoms with E-state index in [1.807, 2.05) is 0 Å². The van der Waals surface area contributed by atoms with Crippen LogP contribution < -0.4 is 0 Å². The summed E-state index contributed by atoms with van der Waals surface area (Å²) in [6, 6.07) is 0. The Morgan fingerprint density at radius 2 is 0.524 bits per heavy atom. The molecule has 0 aromatic heterocycles. The maximum Gasteiger partial charge on any atom is 0.705 e. The van der Waals surface area contributed by atoms with Crippen molar-refractivity contribution in [2.75, 3.05) is 0 Å². The van der Waals surface area contributed by atoms with Gasteiger partial charge in [-0.1, -0.05) is 0 Å². The molecule has 0 N–H and O–H groups in total. The van der Waals surface area contributed by atoms with Crippen LogP contribution in [0.4, 0.5) is 52.7 Å². The van der Waals surface area contributed by atoms with Gasteiger partial charge < -0.3 is 0 Å². The highest BCUT2D eigenvalue weighted by Gasteiger charge is 2.69. The molecule has 0 aliphatic rings. The minimum Gasteiger partial charge on any atom is -0.260 e. The molecule has 17 heteroatoms. The predicted molar refractivity (Wildman–Crippen MR) is 34.3 cm³/mol. The molecule has 0 bridgehead atoms. The SMILES string of the molecule is FC(F)(F)O[Si](OC(F)(F)F)(OC(F)(F)F)OC(F)(F)F. The van der Waals surface area contributed by atoms with Crippen LogP contribution >= 0.6 is 0 Å². The first kappa shape index (κ1) is 20.2. The zero-order chi connectivity index (χ0) is 17.3. The van der Waals surface area contributed by atoms with Crippen LogP contribution in [0.15, 0.2) is 0 Å². The Morgan fingerprint density at radius 3 is 0.619 bits per heavy atom. The van der Waals surface area contributed by atoms with Gasteiger partial charge in [-0.2, -0.15) is 0 Å². The van der Waals surface area contributed by atoms with Crippen molar-refractivity contribution in [2.45, 2.75) is 25.4 Å². The molecule has 0 saturated carbocycles. The highest BCUT2D eigenvalue weighted by molar-refractivity contribution is 6.53. The molecular formula is C4F12O4Si. The van der Waals surface area contributed by atoms with E-state index in [0.29, 0.717) is 0 Å². The molecule has 0 fully saturated rings. The minimum absolute atomic E-state index is 2.07. The van der Waals surface area contributed by atoms with Crippen LogP contribution in [-0.2, 0) is 17.7 Å². The third kappa shape index (κ3) is 10.6. The molecule has 0 atom stereocenters. The second-order valence-electron chi connectivity index (χ2n) is 2.69. The van der Waals surface area contributed by atoms with E-state index in [4.69, 9.17) is 0 Å². The van der Waals surface area contributed by atoms with Gasteiger partial charge in [-0.15, -0.1) is 52.7 Å². The Balaban J connectivity index is 5.70. The lowest BCUT2D eigenvalue weighted by Gasteiger charge is -2.29. The maximum atomic E-state index is 11.7. The summed E-state index contributed by atoms with van der Waals surface area (Å²) in [6.07, 6.45) is -25.7. The van der Waals surface area contributed by atoms with E-state index >= 15 is 0 Å². The highest BCUT2D eigenvalue weighted by Crippen LogP contribution is 2.38.